The first-order valence-corrected chi connectivity index (χ1v) is 12.2. The largest absolute Gasteiger partial charge is 0.0654 e. The fourth-order valence-electron chi connectivity index (χ4n) is 6.79. The molecule has 3 rings (SSSR count). The van der Waals surface area contributed by atoms with Gasteiger partial charge in [0.1, 0.15) is 0 Å². The van der Waals surface area contributed by atoms with Crippen LogP contribution in [-0.4, -0.2) is 0 Å². The number of rotatable bonds is 6. The zero-order chi connectivity index (χ0) is 17.6. The first kappa shape index (κ1) is 19.8. The van der Waals surface area contributed by atoms with Crippen LogP contribution in [0.5, 0.6) is 0 Å². The van der Waals surface area contributed by atoms with Crippen LogP contribution in [0.15, 0.2) is 0 Å². The lowest BCUT2D eigenvalue weighted by Crippen LogP contribution is -2.30. The molecule has 0 spiro atoms. The van der Waals surface area contributed by atoms with Crippen molar-refractivity contribution in [2.75, 3.05) is 0 Å². The van der Waals surface area contributed by atoms with Gasteiger partial charge in [-0.2, -0.15) is 0 Å². The van der Waals surface area contributed by atoms with Crippen molar-refractivity contribution in [1.82, 2.24) is 0 Å². The molecule has 1 unspecified atom stereocenters. The lowest BCUT2D eigenvalue weighted by atomic mass is 9.64. The van der Waals surface area contributed by atoms with Gasteiger partial charge in [0.25, 0.3) is 0 Å². The quantitative estimate of drug-likeness (QED) is 0.454. The van der Waals surface area contributed by atoms with Crippen molar-refractivity contribution in [2.45, 2.75) is 117 Å². The standard InChI is InChI=1S/C25H46/c1-4-5-6-20(3)21-11-13-23(14-12-21)25-17-15-24(16-18-25)22-9-7-19(2)8-10-22/h19-25H,4-18H2,1-3H3. The monoisotopic (exact) mass is 346 g/mol. The van der Waals surface area contributed by atoms with E-state index in [1.165, 1.54) is 32.1 Å². The van der Waals surface area contributed by atoms with Gasteiger partial charge < -0.3 is 0 Å². The highest BCUT2D eigenvalue weighted by Crippen LogP contribution is 2.46. The van der Waals surface area contributed by atoms with Crippen LogP contribution in [0.4, 0.5) is 0 Å². The summed E-state index contributed by atoms with van der Waals surface area (Å²) in [7, 11) is 0. The molecule has 146 valence electrons. The van der Waals surface area contributed by atoms with Crippen LogP contribution in [0.25, 0.3) is 0 Å². The third-order valence-corrected chi connectivity index (χ3v) is 8.84. The maximum absolute atomic E-state index is 2.54. The summed E-state index contributed by atoms with van der Waals surface area (Å²) in [5.41, 5.74) is 0. The zero-order valence-corrected chi connectivity index (χ0v) is 17.6. The normalized spacial score (nSPS) is 41.4. The summed E-state index contributed by atoms with van der Waals surface area (Å²) < 4.78 is 0. The van der Waals surface area contributed by atoms with Crippen molar-refractivity contribution in [1.29, 1.82) is 0 Å². The van der Waals surface area contributed by atoms with Crippen LogP contribution in [0, 0.1) is 41.4 Å². The number of unbranched alkanes of at least 4 members (excludes halogenated alkanes) is 1. The summed E-state index contributed by atoms with van der Waals surface area (Å²) in [6.45, 7) is 7.34. The molecule has 0 bridgehead atoms. The maximum Gasteiger partial charge on any atom is -0.0386 e. The van der Waals surface area contributed by atoms with Gasteiger partial charge in [0, 0.05) is 0 Å². The van der Waals surface area contributed by atoms with Crippen LogP contribution in [0.3, 0.4) is 0 Å². The van der Waals surface area contributed by atoms with Gasteiger partial charge in [0.15, 0.2) is 0 Å². The highest BCUT2D eigenvalue weighted by molar-refractivity contribution is 4.86. The van der Waals surface area contributed by atoms with E-state index in [1.807, 2.05) is 0 Å². The van der Waals surface area contributed by atoms with E-state index < -0.39 is 0 Å². The summed E-state index contributed by atoms with van der Waals surface area (Å²) in [5.74, 6) is 7.48. The zero-order valence-electron chi connectivity index (χ0n) is 17.6. The molecule has 0 aromatic heterocycles. The molecule has 0 nitrogen and oxygen atoms in total. The van der Waals surface area contributed by atoms with E-state index in [1.54, 1.807) is 64.2 Å². The minimum absolute atomic E-state index is 0.991. The van der Waals surface area contributed by atoms with E-state index in [2.05, 4.69) is 20.8 Å². The van der Waals surface area contributed by atoms with Crippen molar-refractivity contribution in [3.05, 3.63) is 0 Å². The molecule has 0 heteroatoms. The summed E-state index contributed by atoms with van der Waals surface area (Å²) in [4.78, 5) is 0. The van der Waals surface area contributed by atoms with Gasteiger partial charge in [-0.3, -0.25) is 0 Å². The van der Waals surface area contributed by atoms with Crippen molar-refractivity contribution < 1.29 is 0 Å². The molecule has 0 aliphatic heterocycles. The molecular weight excluding hydrogens is 300 g/mol. The molecular formula is C25H46. The van der Waals surface area contributed by atoms with Gasteiger partial charge in [-0.05, 0) is 106 Å². The Morgan fingerprint density at radius 2 is 1.04 bits per heavy atom. The summed E-state index contributed by atoms with van der Waals surface area (Å²) in [6.07, 6.45) is 23.0. The summed E-state index contributed by atoms with van der Waals surface area (Å²) >= 11 is 0. The van der Waals surface area contributed by atoms with Gasteiger partial charge in [0.05, 0.1) is 0 Å². The van der Waals surface area contributed by atoms with Crippen molar-refractivity contribution in [3.63, 3.8) is 0 Å². The smallest absolute Gasteiger partial charge is 0.0386 e. The predicted molar refractivity (Wildman–Crippen MR) is 111 cm³/mol. The van der Waals surface area contributed by atoms with E-state index in [0.717, 1.165) is 41.4 Å². The number of hydrogen-bond donors (Lipinski definition) is 0. The highest BCUT2D eigenvalue weighted by atomic mass is 14.4. The second-order valence-electron chi connectivity index (χ2n) is 10.5. The molecule has 0 saturated heterocycles. The fourth-order valence-corrected chi connectivity index (χ4v) is 6.79. The van der Waals surface area contributed by atoms with Gasteiger partial charge >= 0.3 is 0 Å². The maximum atomic E-state index is 2.54. The average Bonchev–Trinajstić information content (AvgIpc) is 2.67. The Bertz CT molecular complexity index is 348. The van der Waals surface area contributed by atoms with Crippen molar-refractivity contribution in [3.8, 4) is 0 Å². The van der Waals surface area contributed by atoms with E-state index in [0.29, 0.717) is 0 Å². The molecule has 1 atom stereocenters. The molecule has 0 aromatic carbocycles. The van der Waals surface area contributed by atoms with Crippen LogP contribution >= 0.6 is 0 Å². The van der Waals surface area contributed by atoms with Crippen LogP contribution in [0.2, 0.25) is 0 Å². The van der Waals surface area contributed by atoms with Gasteiger partial charge in [-0.15, -0.1) is 0 Å². The summed E-state index contributed by atoms with van der Waals surface area (Å²) in [5, 5.41) is 0. The van der Waals surface area contributed by atoms with Crippen molar-refractivity contribution in [2.24, 2.45) is 41.4 Å². The minimum Gasteiger partial charge on any atom is -0.0654 e. The first-order valence-electron chi connectivity index (χ1n) is 12.2. The topological polar surface area (TPSA) is 0 Å². The molecule has 3 saturated carbocycles. The number of hydrogen-bond acceptors (Lipinski definition) is 0. The molecule has 3 aliphatic carbocycles. The lowest BCUT2D eigenvalue weighted by Gasteiger charge is -2.42. The van der Waals surface area contributed by atoms with Crippen LogP contribution < -0.4 is 0 Å². The van der Waals surface area contributed by atoms with Crippen LogP contribution in [-0.2, 0) is 0 Å². The SMILES string of the molecule is CCCCC(C)C1CCC(C2CCC(C3CCC(C)CC3)CC2)CC1. The molecule has 0 heterocycles. The second-order valence-corrected chi connectivity index (χ2v) is 10.5. The molecule has 0 amide bonds. The molecule has 3 fully saturated rings. The Labute approximate surface area is 158 Å². The summed E-state index contributed by atoms with van der Waals surface area (Å²) in [6, 6.07) is 0. The third kappa shape index (κ3) is 5.49. The Hall–Kier alpha value is 0. The molecule has 0 N–H and O–H groups in total. The molecule has 25 heavy (non-hydrogen) atoms. The highest BCUT2D eigenvalue weighted by Gasteiger charge is 2.34. The van der Waals surface area contributed by atoms with E-state index >= 15 is 0 Å². The van der Waals surface area contributed by atoms with E-state index in [9.17, 15) is 0 Å². The third-order valence-electron chi connectivity index (χ3n) is 8.84. The second kappa shape index (κ2) is 9.80. The minimum atomic E-state index is 0.991. The Morgan fingerprint density at radius 1 is 0.640 bits per heavy atom. The molecule has 3 aliphatic rings. The Morgan fingerprint density at radius 3 is 1.48 bits per heavy atom. The average molecular weight is 347 g/mol. The van der Waals surface area contributed by atoms with Gasteiger partial charge in [0.2, 0.25) is 0 Å². The van der Waals surface area contributed by atoms with E-state index in [4.69, 9.17) is 0 Å². The van der Waals surface area contributed by atoms with Crippen LogP contribution in [0.1, 0.15) is 117 Å². The molecule has 0 radical (unpaired) electrons. The van der Waals surface area contributed by atoms with Crippen molar-refractivity contribution >= 4 is 0 Å². The van der Waals surface area contributed by atoms with Gasteiger partial charge in [-0.25, -0.2) is 0 Å². The molecule has 0 aromatic rings. The Balaban J connectivity index is 1.36. The predicted octanol–water partition coefficient (Wildman–Crippen LogP) is 8.25. The Kier molecular flexibility index (Phi) is 7.74. The van der Waals surface area contributed by atoms with Gasteiger partial charge in [-0.1, -0.05) is 52.9 Å². The van der Waals surface area contributed by atoms with E-state index in [-0.39, 0.29) is 0 Å². The fraction of sp³-hybridized carbons (Fsp3) is 1.00. The lowest BCUT2D eigenvalue weighted by molar-refractivity contribution is 0.0973. The first-order chi connectivity index (χ1) is 12.2.